The first kappa shape index (κ1) is 17.0. The molecule has 1 aromatic heterocycles. The summed E-state index contributed by atoms with van der Waals surface area (Å²) in [6, 6.07) is 7.15. The lowest BCUT2D eigenvalue weighted by Gasteiger charge is -2.27. The van der Waals surface area contributed by atoms with Crippen molar-refractivity contribution < 1.29 is 14.7 Å². The number of aromatic carboxylic acids is 1. The predicted molar refractivity (Wildman–Crippen MR) is 90.9 cm³/mol. The largest absolute Gasteiger partial charge is 0.477 e. The van der Waals surface area contributed by atoms with Crippen molar-refractivity contribution in [1.29, 1.82) is 0 Å². The normalized spacial score (nSPS) is 11.9. The third kappa shape index (κ3) is 3.37. The zero-order chi connectivity index (χ0) is 17.4. The zero-order valence-corrected chi connectivity index (χ0v) is 14.1. The number of carbonyl (C=O) groups is 2. The number of carbonyl (C=O) groups excluding carboxylic acids is 1. The Morgan fingerprint density at radius 3 is 2.48 bits per heavy atom. The number of nitrogens with zero attached hydrogens (tertiary/aromatic N) is 1. The summed E-state index contributed by atoms with van der Waals surface area (Å²) in [6.07, 6.45) is 0. The average molecular weight is 317 g/mol. The predicted octanol–water partition coefficient (Wildman–Crippen LogP) is 2.59. The van der Waals surface area contributed by atoms with Crippen LogP contribution in [-0.4, -0.2) is 33.1 Å². The third-order valence-electron chi connectivity index (χ3n) is 3.77. The molecule has 1 amide bonds. The molecule has 0 unspecified atom stereocenters. The SMILES string of the molecule is CC(C)NC(C)(C)C(=O)Nc1cccc2c1cc(C(=O)O)n2C. The van der Waals surface area contributed by atoms with Crippen LogP contribution in [0.1, 0.15) is 38.2 Å². The number of anilines is 1. The highest BCUT2D eigenvalue weighted by atomic mass is 16.4. The topological polar surface area (TPSA) is 83.4 Å². The van der Waals surface area contributed by atoms with Crippen molar-refractivity contribution in [1.82, 2.24) is 9.88 Å². The highest BCUT2D eigenvalue weighted by Crippen LogP contribution is 2.27. The first-order chi connectivity index (χ1) is 10.6. The quantitative estimate of drug-likeness (QED) is 0.791. The van der Waals surface area contributed by atoms with E-state index in [1.807, 2.05) is 33.8 Å². The van der Waals surface area contributed by atoms with Crippen LogP contribution in [-0.2, 0) is 11.8 Å². The molecule has 1 heterocycles. The molecule has 2 aromatic rings. The van der Waals surface area contributed by atoms with E-state index < -0.39 is 11.5 Å². The fraction of sp³-hybridized carbons (Fsp3) is 0.412. The maximum atomic E-state index is 12.5. The number of hydrogen-bond acceptors (Lipinski definition) is 3. The van der Waals surface area contributed by atoms with Crippen LogP contribution in [0, 0.1) is 0 Å². The van der Waals surface area contributed by atoms with E-state index in [1.54, 1.807) is 29.8 Å². The second kappa shape index (κ2) is 6.04. The minimum Gasteiger partial charge on any atom is -0.477 e. The van der Waals surface area contributed by atoms with Crippen molar-refractivity contribution in [3.63, 3.8) is 0 Å². The summed E-state index contributed by atoms with van der Waals surface area (Å²) in [4.78, 5) is 23.8. The van der Waals surface area contributed by atoms with Crippen LogP contribution in [0.25, 0.3) is 10.9 Å². The van der Waals surface area contributed by atoms with E-state index >= 15 is 0 Å². The van der Waals surface area contributed by atoms with Gasteiger partial charge in [0.05, 0.1) is 16.7 Å². The van der Waals surface area contributed by atoms with Gasteiger partial charge in [-0.25, -0.2) is 4.79 Å². The average Bonchev–Trinajstić information content (AvgIpc) is 2.76. The number of aromatic nitrogens is 1. The fourth-order valence-corrected chi connectivity index (χ4v) is 2.74. The van der Waals surface area contributed by atoms with Gasteiger partial charge >= 0.3 is 5.97 Å². The molecule has 2 rings (SSSR count). The first-order valence-corrected chi connectivity index (χ1v) is 7.54. The van der Waals surface area contributed by atoms with Gasteiger partial charge in [-0.3, -0.25) is 4.79 Å². The van der Waals surface area contributed by atoms with Crippen LogP contribution in [0.3, 0.4) is 0 Å². The summed E-state index contributed by atoms with van der Waals surface area (Å²) in [5.74, 6) is -1.16. The summed E-state index contributed by atoms with van der Waals surface area (Å²) >= 11 is 0. The molecular formula is C17H23N3O3. The second-order valence-corrected chi connectivity index (χ2v) is 6.51. The Balaban J connectivity index is 2.39. The highest BCUT2D eigenvalue weighted by Gasteiger charge is 2.28. The van der Waals surface area contributed by atoms with E-state index in [9.17, 15) is 14.7 Å². The Morgan fingerprint density at radius 1 is 1.26 bits per heavy atom. The summed E-state index contributed by atoms with van der Waals surface area (Å²) in [7, 11) is 1.70. The van der Waals surface area contributed by atoms with E-state index in [2.05, 4.69) is 10.6 Å². The smallest absolute Gasteiger partial charge is 0.352 e. The van der Waals surface area contributed by atoms with Gasteiger partial charge in [0.2, 0.25) is 5.91 Å². The molecule has 0 radical (unpaired) electrons. The molecule has 3 N–H and O–H groups in total. The van der Waals surface area contributed by atoms with E-state index in [0.717, 1.165) is 5.52 Å². The molecule has 0 atom stereocenters. The van der Waals surface area contributed by atoms with Crippen molar-refractivity contribution in [3.05, 3.63) is 30.0 Å². The standard InChI is InChI=1S/C17H23N3O3/c1-10(2)19-17(3,4)16(23)18-12-7-6-8-13-11(12)9-14(15(21)22)20(13)5/h6-10,19H,1-5H3,(H,18,23)(H,21,22). The van der Waals surface area contributed by atoms with Crippen molar-refractivity contribution >= 4 is 28.5 Å². The van der Waals surface area contributed by atoms with Gasteiger partial charge in [0.1, 0.15) is 5.69 Å². The molecule has 6 nitrogen and oxygen atoms in total. The van der Waals surface area contributed by atoms with E-state index in [-0.39, 0.29) is 17.6 Å². The number of carboxylic acids is 1. The van der Waals surface area contributed by atoms with Gasteiger partial charge in [0.25, 0.3) is 0 Å². The van der Waals surface area contributed by atoms with Gasteiger partial charge in [-0.05, 0) is 45.9 Å². The highest BCUT2D eigenvalue weighted by molar-refractivity contribution is 6.06. The number of amides is 1. The Hall–Kier alpha value is -2.34. The summed E-state index contributed by atoms with van der Waals surface area (Å²) < 4.78 is 1.60. The number of benzene rings is 1. The monoisotopic (exact) mass is 317 g/mol. The molecule has 6 heteroatoms. The number of nitrogens with one attached hydrogen (secondary N) is 2. The van der Waals surface area contributed by atoms with Gasteiger partial charge < -0.3 is 20.3 Å². The van der Waals surface area contributed by atoms with Crippen LogP contribution in [0.2, 0.25) is 0 Å². The first-order valence-electron chi connectivity index (χ1n) is 7.54. The Kier molecular flexibility index (Phi) is 4.47. The van der Waals surface area contributed by atoms with Gasteiger partial charge in [0.15, 0.2) is 0 Å². The molecule has 0 aliphatic carbocycles. The number of carboxylic acid groups (broad SMARTS) is 1. The van der Waals surface area contributed by atoms with Crippen molar-refractivity contribution in [2.45, 2.75) is 39.3 Å². The lowest BCUT2D eigenvalue weighted by Crippen LogP contribution is -2.52. The second-order valence-electron chi connectivity index (χ2n) is 6.51. The van der Waals surface area contributed by atoms with Crippen molar-refractivity contribution in [2.75, 3.05) is 5.32 Å². The lowest BCUT2D eigenvalue weighted by atomic mass is 10.0. The van der Waals surface area contributed by atoms with Crippen LogP contribution in [0.15, 0.2) is 24.3 Å². The minimum absolute atomic E-state index is 0.167. The van der Waals surface area contributed by atoms with E-state index in [1.165, 1.54) is 0 Å². The van der Waals surface area contributed by atoms with Gasteiger partial charge in [-0.15, -0.1) is 0 Å². The number of rotatable bonds is 5. The summed E-state index contributed by atoms with van der Waals surface area (Å²) in [6.45, 7) is 7.59. The fourth-order valence-electron chi connectivity index (χ4n) is 2.74. The van der Waals surface area contributed by atoms with Crippen LogP contribution in [0.4, 0.5) is 5.69 Å². The maximum absolute atomic E-state index is 12.5. The summed E-state index contributed by atoms with van der Waals surface area (Å²) in [5, 5.41) is 16.1. The van der Waals surface area contributed by atoms with Gasteiger partial charge in [-0.2, -0.15) is 0 Å². The lowest BCUT2D eigenvalue weighted by molar-refractivity contribution is -0.121. The Bertz CT molecular complexity index is 760. The Morgan fingerprint density at radius 2 is 1.91 bits per heavy atom. The van der Waals surface area contributed by atoms with Gasteiger partial charge in [-0.1, -0.05) is 6.07 Å². The van der Waals surface area contributed by atoms with Crippen molar-refractivity contribution in [2.24, 2.45) is 7.05 Å². The third-order valence-corrected chi connectivity index (χ3v) is 3.77. The molecule has 124 valence electrons. The number of hydrogen-bond donors (Lipinski definition) is 3. The summed E-state index contributed by atoms with van der Waals surface area (Å²) in [5.41, 5.74) is 0.811. The molecule has 0 saturated heterocycles. The zero-order valence-electron chi connectivity index (χ0n) is 14.1. The molecule has 0 aliphatic heterocycles. The molecule has 0 saturated carbocycles. The van der Waals surface area contributed by atoms with Gasteiger partial charge in [0, 0.05) is 18.5 Å². The molecule has 0 fully saturated rings. The van der Waals surface area contributed by atoms with Crippen LogP contribution < -0.4 is 10.6 Å². The minimum atomic E-state index is -0.997. The number of aryl methyl sites for hydroxylation is 1. The van der Waals surface area contributed by atoms with E-state index in [0.29, 0.717) is 11.1 Å². The maximum Gasteiger partial charge on any atom is 0.352 e. The molecule has 0 spiro atoms. The van der Waals surface area contributed by atoms with E-state index in [4.69, 9.17) is 0 Å². The molecule has 0 bridgehead atoms. The van der Waals surface area contributed by atoms with Crippen molar-refractivity contribution in [3.8, 4) is 0 Å². The molecular weight excluding hydrogens is 294 g/mol. The molecule has 1 aromatic carbocycles. The molecule has 23 heavy (non-hydrogen) atoms. The van der Waals surface area contributed by atoms with Crippen LogP contribution in [0.5, 0.6) is 0 Å². The number of fused-ring (bicyclic) bond motifs is 1. The Labute approximate surface area is 135 Å². The van der Waals surface area contributed by atoms with Crippen LogP contribution >= 0.6 is 0 Å². The molecule has 0 aliphatic rings.